The predicted molar refractivity (Wildman–Crippen MR) is 100 cm³/mol. The zero-order valence-corrected chi connectivity index (χ0v) is 15.7. The van der Waals surface area contributed by atoms with Gasteiger partial charge in [-0.15, -0.1) is 6.58 Å². The molecule has 9 heteroatoms. The number of ether oxygens (including phenoxy) is 2. The normalized spacial score (nSPS) is 15.7. The fourth-order valence-corrected chi connectivity index (χ4v) is 3.67. The number of halogens is 1. The Morgan fingerprint density at radius 3 is 2.75 bits per heavy atom. The van der Waals surface area contributed by atoms with Crippen molar-refractivity contribution < 1.29 is 27.1 Å². The van der Waals surface area contributed by atoms with Crippen LogP contribution in [0.25, 0.3) is 0 Å². The number of amides is 1. The smallest absolute Gasteiger partial charge is 0.251 e. The number of hydrogen-bond donors (Lipinski definition) is 2. The van der Waals surface area contributed by atoms with Gasteiger partial charge in [-0.2, -0.15) is 0 Å². The number of carbonyl (C=O) groups is 1. The van der Waals surface area contributed by atoms with Gasteiger partial charge in [0.15, 0.2) is 11.5 Å². The molecule has 0 saturated carbocycles. The van der Waals surface area contributed by atoms with Crippen molar-refractivity contribution in [3.8, 4) is 11.5 Å². The van der Waals surface area contributed by atoms with Crippen LogP contribution in [-0.4, -0.2) is 40.1 Å². The second kappa shape index (κ2) is 8.41. The number of para-hydroxylation sites is 2. The lowest BCUT2D eigenvalue weighted by atomic mass is 10.2. The Morgan fingerprint density at radius 2 is 2.00 bits per heavy atom. The summed E-state index contributed by atoms with van der Waals surface area (Å²) in [5.41, 5.74) is 0.0116. The SMILES string of the molecule is C=CCNS(=O)(=O)c1cc(C(=O)NCC2COc3ccccc3O2)ccc1F. The van der Waals surface area contributed by atoms with E-state index in [4.69, 9.17) is 9.47 Å². The van der Waals surface area contributed by atoms with Crippen LogP contribution in [-0.2, 0) is 10.0 Å². The van der Waals surface area contributed by atoms with Crippen LogP contribution in [0.5, 0.6) is 11.5 Å². The summed E-state index contributed by atoms with van der Waals surface area (Å²) in [6.07, 6.45) is 0.924. The lowest BCUT2D eigenvalue weighted by Crippen LogP contribution is -2.40. The number of nitrogens with one attached hydrogen (secondary N) is 2. The lowest BCUT2D eigenvalue weighted by Gasteiger charge is -2.26. The first-order valence-corrected chi connectivity index (χ1v) is 9.96. The first kappa shape index (κ1) is 19.8. The average Bonchev–Trinajstić information content (AvgIpc) is 2.70. The molecule has 7 nitrogen and oxygen atoms in total. The summed E-state index contributed by atoms with van der Waals surface area (Å²) >= 11 is 0. The minimum atomic E-state index is -4.10. The van der Waals surface area contributed by atoms with E-state index in [-0.39, 0.29) is 25.3 Å². The lowest BCUT2D eigenvalue weighted by molar-refractivity contribution is 0.0789. The summed E-state index contributed by atoms with van der Waals surface area (Å²) in [6, 6.07) is 10.3. The maximum absolute atomic E-state index is 14.0. The van der Waals surface area contributed by atoms with Crippen molar-refractivity contribution in [2.75, 3.05) is 19.7 Å². The Morgan fingerprint density at radius 1 is 1.25 bits per heavy atom. The summed E-state index contributed by atoms with van der Waals surface area (Å²) in [6.45, 7) is 3.74. The molecule has 0 spiro atoms. The molecule has 1 heterocycles. The number of rotatable bonds is 7. The van der Waals surface area contributed by atoms with Crippen molar-refractivity contribution in [1.82, 2.24) is 10.0 Å². The molecule has 0 bridgehead atoms. The molecule has 148 valence electrons. The van der Waals surface area contributed by atoms with Crippen LogP contribution in [0.15, 0.2) is 60.0 Å². The van der Waals surface area contributed by atoms with Crippen molar-refractivity contribution in [2.45, 2.75) is 11.0 Å². The van der Waals surface area contributed by atoms with Crippen LogP contribution in [0, 0.1) is 5.82 Å². The van der Waals surface area contributed by atoms with Crippen LogP contribution >= 0.6 is 0 Å². The van der Waals surface area contributed by atoms with Gasteiger partial charge in [-0.3, -0.25) is 4.79 Å². The molecule has 1 aliphatic rings. The number of hydrogen-bond acceptors (Lipinski definition) is 5. The highest BCUT2D eigenvalue weighted by Gasteiger charge is 2.23. The minimum Gasteiger partial charge on any atom is -0.486 e. The fraction of sp³-hybridized carbons (Fsp3) is 0.211. The third-order valence-corrected chi connectivity index (χ3v) is 5.40. The van der Waals surface area contributed by atoms with E-state index in [0.717, 1.165) is 12.1 Å². The third kappa shape index (κ3) is 4.49. The summed E-state index contributed by atoms with van der Waals surface area (Å²) < 4.78 is 51.7. The van der Waals surface area contributed by atoms with Crippen molar-refractivity contribution in [3.63, 3.8) is 0 Å². The van der Waals surface area contributed by atoms with Crippen LogP contribution in [0.4, 0.5) is 4.39 Å². The van der Waals surface area contributed by atoms with E-state index in [1.165, 1.54) is 12.1 Å². The first-order valence-electron chi connectivity index (χ1n) is 8.47. The van der Waals surface area contributed by atoms with Crippen molar-refractivity contribution in [3.05, 3.63) is 66.5 Å². The topological polar surface area (TPSA) is 93.7 Å². The Labute approximate surface area is 162 Å². The zero-order chi connectivity index (χ0) is 20.1. The van der Waals surface area contributed by atoms with Gasteiger partial charge < -0.3 is 14.8 Å². The molecule has 0 aliphatic carbocycles. The third-order valence-electron chi connectivity index (χ3n) is 3.96. The van der Waals surface area contributed by atoms with Crippen molar-refractivity contribution in [2.24, 2.45) is 0 Å². The molecule has 1 atom stereocenters. The molecule has 0 saturated heterocycles. The Kier molecular flexibility index (Phi) is 5.96. The molecule has 1 unspecified atom stereocenters. The summed E-state index contributed by atoms with van der Waals surface area (Å²) in [5, 5.41) is 2.64. The van der Waals surface area contributed by atoms with Crippen molar-refractivity contribution >= 4 is 15.9 Å². The van der Waals surface area contributed by atoms with Crippen molar-refractivity contribution in [1.29, 1.82) is 0 Å². The zero-order valence-electron chi connectivity index (χ0n) is 14.9. The summed E-state index contributed by atoms with van der Waals surface area (Å²) in [7, 11) is -4.10. The molecular formula is C19H19FN2O5S. The van der Waals surface area contributed by atoms with E-state index < -0.39 is 32.7 Å². The van der Waals surface area contributed by atoms with Gasteiger partial charge in [0.25, 0.3) is 5.91 Å². The first-order chi connectivity index (χ1) is 13.4. The van der Waals surface area contributed by atoms with Gasteiger partial charge in [-0.25, -0.2) is 17.5 Å². The Hall–Kier alpha value is -2.91. The molecule has 2 aromatic carbocycles. The molecule has 2 N–H and O–H groups in total. The molecule has 0 aromatic heterocycles. The maximum atomic E-state index is 14.0. The summed E-state index contributed by atoms with van der Waals surface area (Å²) in [4.78, 5) is 11.8. The van der Waals surface area contributed by atoms with Gasteiger partial charge >= 0.3 is 0 Å². The second-order valence-electron chi connectivity index (χ2n) is 5.99. The molecule has 28 heavy (non-hydrogen) atoms. The maximum Gasteiger partial charge on any atom is 0.251 e. The molecular weight excluding hydrogens is 387 g/mol. The van der Waals surface area contributed by atoms with E-state index >= 15 is 0 Å². The van der Waals surface area contributed by atoms with Crippen LogP contribution in [0.2, 0.25) is 0 Å². The van der Waals surface area contributed by atoms with Gasteiger partial charge in [0.05, 0.1) is 6.54 Å². The number of sulfonamides is 1. The molecule has 1 amide bonds. The Balaban J connectivity index is 1.67. The van der Waals surface area contributed by atoms with Gasteiger partial charge in [0, 0.05) is 12.1 Å². The number of carbonyl (C=O) groups excluding carboxylic acids is 1. The molecule has 3 rings (SSSR count). The van der Waals surface area contributed by atoms with Gasteiger partial charge in [0.1, 0.15) is 23.4 Å². The molecule has 1 aliphatic heterocycles. The highest BCUT2D eigenvalue weighted by molar-refractivity contribution is 7.89. The number of fused-ring (bicyclic) bond motifs is 1. The van der Waals surface area contributed by atoms with E-state index in [1.807, 2.05) is 12.1 Å². The molecule has 0 fully saturated rings. The summed E-state index contributed by atoms with van der Waals surface area (Å²) in [5.74, 6) is -0.293. The number of benzene rings is 2. The van der Waals surface area contributed by atoms with E-state index in [1.54, 1.807) is 12.1 Å². The van der Waals surface area contributed by atoms with Crippen LogP contribution < -0.4 is 19.5 Å². The molecule has 2 aromatic rings. The van der Waals surface area contributed by atoms with Gasteiger partial charge in [0.2, 0.25) is 10.0 Å². The quantitative estimate of drug-likeness (QED) is 0.685. The van der Waals surface area contributed by atoms with Crippen LogP contribution in [0.1, 0.15) is 10.4 Å². The predicted octanol–water partition coefficient (Wildman–Crippen LogP) is 1.86. The highest BCUT2D eigenvalue weighted by Crippen LogP contribution is 2.30. The fourth-order valence-electron chi connectivity index (χ4n) is 2.57. The highest BCUT2D eigenvalue weighted by atomic mass is 32.2. The Bertz CT molecular complexity index is 994. The van der Waals surface area contributed by atoms with E-state index in [2.05, 4.69) is 16.6 Å². The standard InChI is InChI=1S/C19H19FN2O5S/c1-2-9-22-28(24,25)18-10-13(7-8-15(18)20)19(23)21-11-14-12-26-16-5-3-4-6-17(16)27-14/h2-8,10,14,22H,1,9,11-12H2,(H,21,23). The van der Waals surface area contributed by atoms with Gasteiger partial charge in [-0.05, 0) is 30.3 Å². The average molecular weight is 406 g/mol. The van der Waals surface area contributed by atoms with E-state index in [0.29, 0.717) is 11.5 Å². The second-order valence-corrected chi connectivity index (χ2v) is 7.73. The monoisotopic (exact) mass is 406 g/mol. The van der Waals surface area contributed by atoms with Gasteiger partial charge in [-0.1, -0.05) is 18.2 Å². The van der Waals surface area contributed by atoms with Crippen LogP contribution in [0.3, 0.4) is 0 Å². The minimum absolute atomic E-state index is 0.0116. The van der Waals surface area contributed by atoms with E-state index in [9.17, 15) is 17.6 Å². The largest absolute Gasteiger partial charge is 0.486 e. The molecule has 0 radical (unpaired) electrons.